The molecule has 9 heteroatoms. The molecule has 0 spiro atoms. The normalized spacial score (nSPS) is 10.4. The van der Waals surface area contributed by atoms with Crippen LogP contribution in [-0.4, -0.2) is 40.4 Å². The third-order valence-corrected chi connectivity index (χ3v) is 3.61. The number of ether oxygens (including phenoxy) is 2. The second kappa shape index (κ2) is 7.02. The predicted octanol–water partition coefficient (Wildman–Crippen LogP) is 1.29. The van der Waals surface area contributed by atoms with Crippen LogP contribution in [0.2, 0.25) is 0 Å². The van der Waals surface area contributed by atoms with Crippen molar-refractivity contribution in [3.63, 3.8) is 0 Å². The van der Waals surface area contributed by atoms with Gasteiger partial charge in [-0.2, -0.15) is 0 Å². The van der Waals surface area contributed by atoms with Crippen molar-refractivity contribution in [3.8, 4) is 5.75 Å². The smallest absolute Gasteiger partial charge is 0.327 e. The quantitative estimate of drug-likeness (QED) is 0.587. The van der Waals surface area contributed by atoms with Crippen molar-refractivity contribution >= 4 is 17.7 Å². The summed E-state index contributed by atoms with van der Waals surface area (Å²) in [6, 6.07) is 4.28. The zero-order valence-electron chi connectivity index (χ0n) is 11.4. The molecule has 2 aromatic rings. The number of hydrogen-bond donors (Lipinski definition) is 0. The SMILES string of the molecule is COC(=O)Cn1nnnc1SCc1cc(F)ccc1OC. The molecule has 0 aliphatic rings. The standard InChI is InChI=1S/C12H13FN4O3S/c1-19-10-4-3-9(13)5-8(10)7-21-12-14-15-16-17(12)6-11(18)20-2/h3-5H,6-7H2,1-2H3. The van der Waals surface area contributed by atoms with Crippen molar-refractivity contribution in [2.24, 2.45) is 0 Å². The lowest BCUT2D eigenvalue weighted by molar-refractivity contribution is -0.141. The number of halogens is 1. The molecule has 2 rings (SSSR count). The zero-order chi connectivity index (χ0) is 15.2. The van der Waals surface area contributed by atoms with Gasteiger partial charge in [-0.15, -0.1) is 5.10 Å². The third kappa shape index (κ3) is 3.91. The van der Waals surface area contributed by atoms with Crippen LogP contribution in [0, 0.1) is 5.82 Å². The summed E-state index contributed by atoms with van der Waals surface area (Å²) in [5.41, 5.74) is 0.676. The highest BCUT2D eigenvalue weighted by molar-refractivity contribution is 7.98. The predicted molar refractivity (Wildman–Crippen MR) is 72.3 cm³/mol. The molecule has 0 saturated heterocycles. The second-order valence-electron chi connectivity index (χ2n) is 3.94. The first-order chi connectivity index (χ1) is 10.1. The van der Waals surface area contributed by atoms with E-state index in [1.165, 1.54) is 42.8 Å². The number of tetrazole rings is 1. The molecule has 0 aliphatic carbocycles. The average Bonchev–Trinajstić information content (AvgIpc) is 2.92. The number of carbonyl (C=O) groups is 1. The van der Waals surface area contributed by atoms with Crippen LogP contribution in [0.4, 0.5) is 4.39 Å². The molecule has 0 aliphatic heterocycles. The van der Waals surface area contributed by atoms with Crippen LogP contribution < -0.4 is 4.74 Å². The first-order valence-electron chi connectivity index (χ1n) is 5.92. The van der Waals surface area contributed by atoms with Gasteiger partial charge in [-0.05, 0) is 28.6 Å². The van der Waals surface area contributed by atoms with Crippen molar-refractivity contribution in [3.05, 3.63) is 29.6 Å². The largest absolute Gasteiger partial charge is 0.496 e. The Morgan fingerprint density at radius 2 is 2.24 bits per heavy atom. The maximum absolute atomic E-state index is 13.3. The van der Waals surface area contributed by atoms with E-state index in [0.29, 0.717) is 22.2 Å². The fourth-order valence-electron chi connectivity index (χ4n) is 1.59. The highest BCUT2D eigenvalue weighted by Crippen LogP contribution is 2.27. The molecule has 7 nitrogen and oxygen atoms in total. The molecule has 0 N–H and O–H groups in total. The van der Waals surface area contributed by atoms with Crippen LogP contribution in [0.15, 0.2) is 23.4 Å². The van der Waals surface area contributed by atoms with E-state index in [2.05, 4.69) is 20.3 Å². The molecule has 1 aromatic carbocycles. The summed E-state index contributed by atoms with van der Waals surface area (Å²) >= 11 is 1.27. The van der Waals surface area contributed by atoms with Crippen LogP contribution in [0.5, 0.6) is 5.75 Å². The average molecular weight is 312 g/mol. The van der Waals surface area contributed by atoms with Gasteiger partial charge in [-0.1, -0.05) is 11.8 Å². The lowest BCUT2D eigenvalue weighted by Gasteiger charge is -2.08. The Morgan fingerprint density at radius 3 is 2.95 bits per heavy atom. The molecule has 0 fully saturated rings. The first-order valence-corrected chi connectivity index (χ1v) is 6.90. The Kier molecular flexibility index (Phi) is 5.09. The number of benzene rings is 1. The molecule has 21 heavy (non-hydrogen) atoms. The molecular weight excluding hydrogens is 299 g/mol. The molecule has 0 atom stereocenters. The Bertz CT molecular complexity index is 635. The minimum Gasteiger partial charge on any atom is -0.496 e. The molecule has 1 aromatic heterocycles. The molecule has 1 heterocycles. The topological polar surface area (TPSA) is 79.1 Å². The Labute approximate surface area is 124 Å². The van der Waals surface area contributed by atoms with E-state index in [-0.39, 0.29) is 12.4 Å². The van der Waals surface area contributed by atoms with Gasteiger partial charge < -0.3 is 9.47 Å². The van der Waals surface area contributed by atoms with Crippen molar-refractivity contribution in [2.45, 2.75) is 17.5 Å². The van der Waals surface area contributed by atoms with Crippen molar-refractivity contribution in [1.29, 1.82) is 0 Å². The van der Waals surface area contributed by atoms with Gasteiger partial charge in [0.2, 0.25) is 5.16 Å². The Balaban J connectivity index is 2.08. The van der Waals surface area contributed by atoms with E-state index in [9.17, 15) is 9.18 Å². The number of carbonyl (C=O) groups excluding carboxylic acids is 1. The fraction of sp³-hybridized carbons (Fsp3) is 0.333. The maximum Gasteiger partial charge on any atom is 0.327 e. The van der Waals surface area contributed by atoms with Crippen LogP contribution in [-0.2, 0) is 21.8 Å². The van der Waals surface area contributed by atoms with Gasteiger partial charge in [-0.25, -0.2) is 9.07 Å². The van der Waals surface area contributed by atoms with Crippen molar-refractivity contribution < 1.29 is 18.7 Å². The lowest BCUT2D eigenvalue weighted by atomic mass is 10.2. The van der Waals surface area contributed by atoms with E-state index in [1.807, 2.05) is 0 Å². The highest BCUT2D eigenvalue weighted by Gasteiger charge is 2.13. The van der Waals surface area contributed by atoms with Gasteiger partial charge in [-0.3, -0.25) is 4.79 Å². The van der Waals surface area contributed by atoms with Crippen LogP contribution in [0.1, 0.15) is 5.56 Å². The third-order valence-electron chi connectivity index (χ3n) is 2.60. The van der Waals surface area contributed by atoms with E-state index in [4.69, 9.17) is 4.74 Å². The summed E-state index contributed by atoms with van der Waals surface area (Å²) in [6.45, 7) is -0.0773. The van der Waals surface area contributed by atoms with E-state index < -0.39 is 5.97 Å². The molecular formula is C12H13FN4O3S. The second-order valence-corrected chi connectivity index (χ2v) is 4.88. The highest BCUT2D eigenvalue weighted by atomic mass is 32.2. The van der Waals surface area contributed by atoms with Gasteiger partial charge >= 0.3 is 5.97 Å². The summed E-state index contributed by atoms with van der Waals surface area (Å²) in [6.07, 6.45) is 0. The maximum atomic E-state index is 13.3. The van der Waals surface area contributed by atoms with Gasteiger partial charge in [0.1, 0.15) is 18.1 Å². The Hall–Kier alpha value is -2.16. The lowest BCUT2D eigenvalue weighted by Crippen LogP contribution is -2.13. The summed E-state index contributed by atoms with van der Waals surface area (Å²) in [7, 11) is 2.81. The summed E-state index contributed by atoms with van der Waals surface area (Å²) in [5.74, 6) is 0.187. The summed E-state index contributed by atoms with van der Waals surface area (Å²) < 4.78 is 24.3. The van der Waals surface area contributed by atoms with Crippen molar-refractivity contribution in [1.82, 2.24) is 20.2 Å². The van der Waals surface area contributed by atoms with E-state index in [0.717, 1.165) is 0 Å². The number of methoxy groups -OCH3 is 2. The van der Waals surface area contributed by atoms with Crippen molar-refractivity contribution in [2.75, 3.05) is 14.2 Å². The van der Waals surface area contributed by atoms with Crippen LogP contribution in [0.25, 0.3) is 0 Å². The number of thioether (sulfide) groups is 1. The summed E-state index contributed by atoms with van der Waals surface area (Å²) in [5, 5.41) is 11.5. The fourth-order valence-corrected chi connectivity index (χ4v) is 2.44. The minimum atomic E-state index is -0.451. The number of rotatable bonds is 6. The monoisotopic (exact) mass is 312 g/mol. The van der Waals surface area contributed by atoms with Gasteiger partial charge in [0.25, 0.3) is 0 Å². The molecule has 0 amide bonds. The van der Waals surface area contributed by atoms with Gasteiger partial charge in [0, 0.05) is 11.3 Å². The molecule has 0 saturated carbocycles. The molecule has 0 unspecified atom stereocenters. The number of esters is 1. The molecule has 112 valence electrons. The zero-order valence-corrected chi connectivity index (χ0v) is 12.3. The summed E-state index contributed by atoms with van der Waals surface area (Å²) in [4.78, 5) is 11.2. The number of nitrogens with zero attached hydrogens (tertiary/aromatic N) is 4. The Morgan fingerprint density at radius 1 is 1.43 bits per heavy atom. The van der Waals surface area contributed by atoms with Gasteiger partial charge in [0.15, 0.2) is 0 Å². The molecule has 0 bridgehead atoms. The number of aromatic nitrogens is 4. The van der Waals surface area contributed by atoms with E-state index >= 15 is 0 Å². The first kappa shape index (κ1) is 15.2. The van der Waals surface area contributed by atoms with Gasteiger partial charge in [0.05, 0.1) is 14.2 Å². The molecule has 0 radical (unpaired) electrons. The minimum absolute atomic E-state index is 0.0773. The van der Waals surface area contributed by atoms with Crippen LogP contribution >= 0.6 is 11.8 Å². The van der Waals surface area contributed by atoms with Crippen LogP contribution in [0.3, 0.4) is 0 Å². The van der Waals surface area contributed by atoms with E-state index in [1.54, 1.807) is 6.07 Å². The number of hydrogen-bond acceptors (Lipinski definition) is 7.